The summed E-state index contributed by atoms with van der Waals surface area (Å²) in [5.41, 5.74) is 5.46. The van der Waals surface area contributed by atoms with Crippen LogP contribution in [0.1, 0.15) is 30.3 Å². The largest absolute Gasteiger partial charge is 0.365 e. The third-order valence-corrected chi connectivity index (χ3v) is 2.90. The number of aromatic nitrogens is 2. The fourth-order valence-electron chi connectivity index (χ4n) is 2.08. The fraction of sp³-hybridized carbons (Fsp3) is 0.545. The third kappa shape index (κ3) is 2.91. The lowest BCUT2D eigenvalue weighted by Gasteiger charge is -2.29. The van der Waals surface area contributed by atoms with Crippen molar-refractivity contribution >= 4 is 11.7 Å². The molecule has 1 aliphatic rings. The lowest BCUT2D eigenvalue weighted by molar-refractivity contribution is 0.0996. The van der Waals surface area contributed by atoms with Crippen molar-refractivity contribution in [3.05, 3.63) is 18.1 Å². The van der Waals surface area contributed by atoms with Gasteiger partial charge in [-0.1, -0.05) is 0 Å². The number of hydrogen-bond donors (Lipinski definition) is 3. The molecule has 0 aromatic carbocycles. The number of rotatable bonds is 3. The maximum atomic E-state index is 11.2. The zero-order valence-electron chi connectivity index (χ0n) is 9.81. The van der Waals surface area contributed by atoms with Crippen LogP contribution in [0.15, 0.2) is 12.4 Å². The van der Waals surface area contributed by atoms with E-state index >= 15 is 0 Å². The van der Waals surface area contributed by atoms with Gasteiger partial charge in [0.1, 0.15) is 0 Å². The Bertz CT molecular complexity index is 409. The van der Waals surface area contributed by atoms with Gasteiger partial charge in [-0.2, -0.15) is 0 Å². The highest BCUT2D eigenvalue weighted by Gasteiger charge is 2.20. The molecule has 1 aliphatic heterocycles. The summed E-state index contributed by atoms with van der Waals surface area (Å²) in [5, 5.41) is 6.61. The molecule has 2 unspecified atom stereocenters. The number of carbonyl (C=O) groups is 1. The molecule has 1 aromatic rings. The van der Waals surface area contributed by atoms with E-state index in [-0.39, 0.29) is 5.69 Å². The highest BCUT2D eigenvalue weighted by molar-refractivity contribution is 5.95. The number of nitrogens with two attached hydrogens (primary N) is 1. The first-order valence-corrected chi connectivity index (χ1v) is 5.77. The minimum Gasteiger partial charge on any atom is -0.365 e. The number of nitrogens with one attached hydrogen (secondary N) is 2. The first-order valence-electron chi connectivity index (χ1n) is 5.77. The maximum absolute atomic E-state index is 11.2. The van der Waals surface area contributed by atoms with E-state index in [0.717, 1.165) is 19.4 Å². The van der Waals surface area contributed by atoms with E-state index in [9.17, 15) is 4.79 Å². The summed E-state index contributed by atoms with van der Waals surface area (Å²) in [6.45, 7) is 3.10. The van der Waals surface area contributed by atoms with Crippen LogP contribution in [0.3, 0.4) is 0 Å². The molecule has 1 aromatic heterocycles. The van der Waals surface area contributed by atoms with Crippen LogP contribution in [-0.4, -0.2) is 34.5 Å². The molecule has 2 heterocycles. The molecule has 1 fully saturated rings. The van der Waals surface area contributed by atoms with Gasteiger partial charge < -0.3 is 16.4 Å². The van der Waals surface area contributed by atoms with Gasteiger partial charge in [0.25, 0.3) is 5.91 Å². The Morgan fingerprint density at radius 1 is 1.53 bits per heavy atom. The second-order valence-corrected chi connectivity index (χ2v) is 4.34. The second kappa shape index (κ2) is 5.09. The summed E-state index contributed by atoms with van der Waals surface area (Å²) in [7, 11) is 0. The lowest BCUT2D eigenvalue weighted by Crippen LogP contribution is -2.41. The second-order valence-electron chi connectivity index (χ2n) is 4.34. The highest BCUT2D eigenvalue weighted by atomic mass is 16.1. The average Bonchev–Trinajstić information content (AvgIpc) is 2.29. The molecule has 6 heteroatoms. The predicted molar refractivity (Wildman–Crippen MR) is 64.7 cm³/mol. The quantitative estimate of drug-likeness (QED) is 0.692. The minimum atomic E-state index is -0.553. The molecular formula is C11H17N5O. The van der Waals surface area contributed by atoms with Crippen molar-refractivity contribution in [2.75, 3.05) is 11.9 Å². The summed E-state index contributed by atoms with van der Waals surface area (Å²) < 4.78 is 0. The first-order chi connectivity index (χ1) is 8.16. The topological polar surface area (TPSA) is 92.9 Å². The summed E-state index contributed by atoms with van der Waals surface area (Å²) in [4.78, 5) is 19.3. The maximum Gasteiger partial charge on any atom is 0.271 e. The van der Waals surface area contributed by atoms with E-state index in [2.05, 4.69) is 27.5 Å². The summed E-state index contributed by atoms with van der Waals surface area (Å²) in [6, 6.07) is 0.774. The van der Waals surface area contributed by atoms with Gasteiger partial charge in [-0.05, 0) is 26.3 Å². The van der Waals surface area contributed by atoms with Gasteiger partial charge in [0.05, 0.1) is 0 Å². The Hall–Kier alpha value is -1.69. The lowest BCUT2D eigenvalue weighted by atomic mass is 10.0. The van der Waals surface area contributed by atoms with E-state index in [1.165, 1.54) is 6.20 Å². The summed E-state index contributed by atoms with van der Waals surface area (Å²) in [6.07, 6.45) is 5.02. The Morgan fingerprint density at radius 2 is 2.29 bits per heavy atom. The molecule has 0 spiro atoms. The number of piperidine rings is 1. The van der Waals surface area contributed by atoms with Gasteiger partial charge >= 0.3 is 0 Å². The number of carbonyl (C=O) groups excluding carboxylic acids is 1. The van der Waals surface area contributed by atoms with Crippen molar-refractivity contribution in [1.29, 1.82) is 0 Å². The molecule has 92 valence electrons. The van der Waals surface area contributed by atoms with E-state index in [0.29, 0.717) is 17.9 Å². The molecule has 2 rings (SSSR count). The first kappa shape index (κ1) is 11.8. The number of amides is 1. The van der Waals surface area contributed by atoms with E-state index < -0.39 is 5.91 Å². The minimum absolute atomic E-state index is 0.207. The zero-order chi connectivity index (χ0) is 12.3. The predicted octanol–water partition coefficient (Wildman–Crippen LogP) is 0.128. The Balaban J connectivity index is 2.10. The van der Waals surface area contributed by atoms with Crippen LogP contribution in [0, 0.1) is 0 Å². The van der Waals surface area contributed by atoms with E-state index in [1.807, 2.05) is 0 Å². The molecular weight excluding hydrogens is 218 g/mol. The van der Waals surface area contributed by atoms with Crippen LogP contribution in [0.2, 0.25) is 0 Å². The van der Waals surface area contributed by atoms with Crippen molar-refractivity contribution in [3.63, 3.8) is 0 Å². The number of primary amides is 1. The van der Waals surface area contributed by atoms with E-state index in [1.54, 1.807) is 6.20 Å². The average molecular weight is 235 g/mol. The Morgan fingerprint density at radius 3 is 3.00 bits per heavy atom. The van der Waals surface area contributed by atoms with Crippen molar-refractivity contribution < 1.29 is 4.79 Å². The van der Waals surface area contributed by atoms with Crippen molar-refractivity contribution in [1.82, 2.24) is 15.3 Å². The van der Waals surface area contributed by atoms with Crippen LogP contribution < -0.4 is 16.4 Å². The fourth-order valence-corrected chi connectivity index (χ4v) is 2.08. The standard InChI is InChI=1S/C11H17N5O/c1-7-6-8(2-3-13-7)16-11-9(10(12)17)14-4-5-15-11/h4-5,7-8,13H,2-3,6H2,1H3,(H2,12,17)(H,15,16). The van der Waals surface area contributed by atoms with Crippen molar-refractivity contribution in [2.45, 2.75) is 31.8 Å². The Kier molecular flexibility index (Phi) is 3.53. The Labute approximate surface area is 100 Å². The molecule has 1 amide bonds. The molecule has 4 N–H and O–H groups in total. The van der Waals surface area contributed by atoms with Gasteiger partial charge in [-0.25, -0.2) is 9.97 Å². The van der Waals surface area contributed by atoms with Gasteiger partial charge in [-0.3, -0.25) is 4.79 Å². The molecule has 6 nitrogen and oxygen atoms in total. The molecule has 2 atom stereocenters. The molecule has 17 heavy (non-hydrogen) atoms. The highest BCUT2D eigenvalue weighted by Crippen LogP contribution is 2.15. The van der Waals surface area contributed by atoms with Crippen LogP contribution in [-0.2, 0) is 0 Å². The van der Waals surface area contributed by atoms with Crippen LogP contribution >= 0.6 is 0 Å². The van der Waals surface area contributed by atoms with Gasteiger partial charge in [0.15, 0.2) is 11.5 Å². The smallest absolute Gasteiger partial charge is 0.271 e. The summed E-state index contributed by atoms with van der Waals surface area (Å²) in [5.74, 6) is -0.0679. The normalized spacial score (nSPS) is 24.3. The molecule has 0 saturated carbocycles. The van der Waals surface area contributed by atoms with Crippen LogP contribution in [0.5, 0.6) is 0 Å². The van der Waals surface area contributed by atoms with Crippen molar-refractivity contribution in [3.8, 4) is 0 Å². The SMILES string of the molecule is CC1CC(Nc2nccnc2C(N)=O)CCN1. The number of hydrogen-bond acceptors (Lipinski definition) is 5. The summed E-state index contributed by atoms with van der Waals surface area (Å²) >= 11 is 0. The molecule has 0 bridgehead atoms. The molecule has 0 radical (unpaired) electrons. The monoisotopic (exact) mass is 235 g/mol. The third-order valence-electron chi connectivity index (χ3n) is 2.90. The van der Waals surface area contributed by atoms with Crippen molar-refractivity contribution in [2.24, 2.45) is 5.73 Å². The number of anilines is 1. The van der Waals surface area contributed by atoms with E-state index in [4.69, 9.17) is 5.73 Å². The van der Waals surface area contributed by atoms with Gasteiger partial charge in [0, 0.05) is 24.5 Å². The van der Waals surface area contributed by atoms with Crippen LogP contribution in [0.4, 0.5) is 5.82 Å². The molecule has 1 saturated heterocycles. The zero-order valence-corrected chi connectivity index (χ0v) is 9.81. The van der Waals surface area contributed by atoms with Gasteiger partial charge in [0.2, 0.25) is 0 Å². The van der Waals surface area contributed by atoms with Crippen LogP contribution in [0.25, 0.3) is 0 Å². The molecule has 0 aliphatic carbocycles. The van der Waals surface area contributed by atoms with Gasteiger partial charge in [-0.15, -0.1) is 0 Å². The number of nitrogens with zero attached hydrogens (tertiary/aromatic N) is 2.